The molecule has 0 aliphatic carbocycles. The van der Waals surface area contributed by atoms with Gasteiger partial charge >= 0.3 is 0 Å². The van der Waals surface area contributed by atoms with Gasteiger partial charge in [0.15, 0.2) is 11.5 Å². The minimum Gasteiger partial charge on any atom is -0.368 e. The average molecular weight is 365 g/mol. The third kappa shape index (κ3) is 3.92. The molecule has 27 heavy (non-hydrogen) atoms. The number of nitrogens with one attached hydrogen (secondary N) is 2. The Morgan fingerprint density at radius 1 is 1.15 bits per heavy atom. The minimum absolute atomic E-state index is 0.0272. The first kappa shape index (κ1) is 18.1. The Morgan fingerprint density at radius 3 is 2.63 bits per heavy atom. The largest absolute Gasteiger partial charge is 0.368 e. The summed E-state index contributed by atoms with van der Waals surface area (Å²) < 4.78 is 0. The minimum atomic E-state index is -0.730. The maximum absolute atomic E-state index is 11.7. The van der Waals surface area contributed by atoms with E-state index in [1.807, 2.05) is 31.2 Å². The number of hydrogen-bond acceptors (Lipinski definition) is 7. The summed E-state index contributed by atoms with van der Waals surface area (Å²) in [4.78, 5) is 35.8. The predicted molar refractivity (Wildman–Crippen MR) is 102 cm³/mol. The summed E-state index contributed by atoms with van der Waals surface area (Å²) in [5.41, 5.74) is 11.4. The fraction of sp³-hybridized carbons (Fsp3) is 0.167. The van der Waals surface area contributed by atoms with Crippen LogP contribution in [-0.4, -0.2) is 32.8 Å². The number of carbonyl (C=O) groups is 2. The highest BCUT2D eigenvalue weighted by molar-refractivity contribution is 5.99. The molecule has 0 fully saturated rings. The van der Waals surface area contributed by atoms with E-state index in [1.54, 1.807) is 12.4 Å². The SMILES string of the molecule is CC[C@@H](Nc1cnc(C(N)=O)c(Nc2cncc3ccccc23)n1)C(N)=O. The second-order valence-corrected chi connectivity index (χ2v) is 5.86. The van der Waals surface area contributed by atoms with Gasteiger partial charge in [-0.3, -0.25) is 14.6 Å². The molecule has 0 saturated heterocycles. The Kier molecular flexibility index (Phi) is 5.11. The van der Waals surface area contributed by atoms with Gasteiger partial charge in [0.1, 0.15) is 11.9 Å². The molecule has 0 aliphatic heterocycles. The van der Waals surface area contributed by atoms with E-state index in [2.05, 4.69) is 25.6 Å². The van der Waals surface area contributed by atoms with Crippen LogP contribution in [0.25, 0.3) is 10.8 Å². The highest BCUT2D eigenvalue weighted by Crippen LogP contribution is 2.26. The lowest BCUT2D eigenvalue weighted by molar-refractivity contribution is -0.118. The molecule has 138 valence electrons. The third-order valence-electron chi connectivity index (χ3n) is 4.00. The second kappa shape index (κ2) is 7.65. The van der Waals surface area contributed by atoms with Gasteiger partial charge in [-0.25, -0.2) is 9.97 Å². The van der Waals surface area contributed by atoms with E-state index in [4.69, 9.17) is 11.5 Å². The summed E-state index contributed by atoms with van der Waals surface area (Å²) in [6, 6.07) is 7.03. The molecule has 2 aromatic heterocycles. The molecule has 1 aromatic carbocycles. The molecule has 1 atom stereocenters. The van der Waals surface area contributed by atoms with E-state index >= 15 is 0 Å². The number of benzene rings is 1. The van der Waals surface area contributed by atoms with Crippen LogP contribution in [0.4, 0.5) is 17.3 Å². The van der Waals surface area contributed by atoms with Crippen molar-refractivity contribution in [1.29, 1.82) is 0 Å². The number of anilines is 3. The quantitative estimate of drug-likeness (QED) is 0.496. The normalized spacial score (nSPS) is 11.7. The monoisotopic (exact) mass is 365 g/mol. The van der Waals surface area contributed by atoms with E-state index < -0.39 is 17.9 Å². The number of hydrogen-bond donors (Lipinski definition) is 4. The van der Waals surface area contributed by atoms with Gasteiger partial charge in [0, 0.05) is 17.0 Å². The fourth-order valence-corrected chi connectivity index (χ4v) is 2.62. The van der Waals surface area contributed by atoms with Crippen molar-refractivity contribution in [3.63, 3.8) is 0 Å². The van der Waals surface area contributed by atoms with E-state index in [-0.39, 0.29) is 11.5 Å². The average Bonchev–Trinajstić information content (AvgIpc) is 2.66. The number of carbonyl (C=O) groups excluding carboxylic acids is 2. The molecule has 9 nitrogen and oxygen atoms in total. The molecule has 3 aromatic rings. The Bertz CT molecular complexity index is 1000. The van der Waals surface area contributed by atoms with Crippen molar-refractivity contribution in [3.05, 3.63) is 48.5 Å². The topological polar surface area (TPSA) is 149 Å². The Hall–Kier alpha value is -3.75. The Morgan fingerprint density at radius 2 is 1.93 bits per heavy atom. The van der Waals surface area contributed by atoms with Gasteiger partial charge in [-0.1, -0.05) is 31.2 Å². The van der Waals surface area contributed by atoms with Crippen LogP contribution in [-0.2, 0) is 4.79 Å². The van der Waals surface area contributed by atoms with Crippen molar-refractivity contribution in [2.45, 2.75) is 19.4 Å². The zero-order valence-electron chi connectivity index (χ0n) is 14.6. The van der Waals surface area contributed by atoms with Crippen LogP contribution < -0.4 is 22.1 Å². The lowest BCUT2D eigenvalue weighted by Gasteiger charge is -2.16. The summed E-state index contributed by atoms with van der Waals surface area (Å²) in [5.74, 6) is -0.788. The van der Waals surface area contributed by atoms with Gasteiger partial charge in [-0.15, -0.1) is 0 Å². The van der Waals surface area contributed by atoms with E-state index in [1.165, 1.54) is 6.20 Å². The summed E-state index contributed by atoms with van der Waals surface area (Å²) in [6.45, 7) is 1.81. The maximum Gasteiger partial charge on any atom is 0.271 e. The number of aromatic nitrogens is 3. The summed E-state index contributed by atoms with van der Waals surface area (Å²) in [5, 5.41) is 7.78. The van der Waals surface area contributed by atoms with Crippen LogP contribution in [0.1, 0.15) is 23.8 Å². The summed E-state index contributed by atoms with van der Waals surface area (Å²) in [6.07, 6.45) is 5.16. The second-order valence-electron chi connectivity index (χ2n) is 5.86. The fourth-order valence-electron chi connectivity index (χ4n) is 2.62. The first-order chi connectivity index (χ1) is 13.0. The van der Waals surface area contributed by atoms with Crippen molar-refractivity contribution in [2.24, 2.45) is 11.5 Å². The van der Waals surface area contributed by atoms with Gasteiger partial charge in [0.05, 0.1) is 18.1 Å². The molecule has 3 rings (SSSR count). The van der Waals surface area contributed by atoms with Gasteiger partial charge < -0.3 is 22.1 Å². The molecule has 0 radical (unpaired) electrons. The van der Waals surface area contributed by atoms with Crippen molar-refractivity contribution in [2.75, 3.05) is 10.6 Å². The highest BCUT2D eigenvalue weighted by Gasteiger charge is 2.17. The van der Waals surface area contributed by atoms with Crippen LogP contribution in [0.2, 0.25) is 0 Å². The van der Waals surface area contributed by atoms with Crippen LogP contribution in [0.3, 0.4) is 0 Å². The molecule has 2 amide bonds. The van der Waals surface area contributed by atoms with Crippen molar-refractivity contribution in [3.8, 4) is 0 Å². The number of rotatable bonds is 7. The first-order valence-electron chi connectivity index (χ1n) is 8.32. The van der Waals surface area contributed by atoms with E-state index in [0.29, 0.717) is 17.9 Å². The van der Waals surface area contributed by atoms with Gasteiger partial charge in [0.25, 0.3) is 5.91 Å². The highest BCUT2D eigenvalue weighted by atomic mass is 16.1. The van der Waals surface area contributed by atoms with Crippen LogP contribution in [0.5, 0.6) is 0 Å². The molecule has 9 heteroatoms. The molecular formula is C18H19N7O2. The van der Waals surface area contributed by atoms with Crippen LogP contribution in [0.15, 0.2) is 42.9 Å². The molecular weight excluding hydrogens is 346 g/mol. The molecule has 2 heterocycles. The molecule has 0 bridgehead atoms. The molecule has 0 aliphatic rings. The van der Waals surface area contributed by atoms with Crippen LogP contribution in [0, 0.1) is 0 Å². The number of fused-ring (bicyclic) bond motifs is 1. The predicted octanol–water partition coefficient (Wildman–Crippen LogP) is 1.54. The number of nitrogens with two attached hydrogens (primary N) is 2. The van der Waals surface area contributed by atoms with Crippen LogP contribution >= 0.6 is 0 Å². The first-order valence-corrected chi connectivity index (χ1v) is 8.32. The maximum atomic E-state index is 11.7. The lowest BCUT2D eigenvalue weighted by atomic mass is 10.1. The van der Waals surface area contributed by atoms with Gasteiger partial charge in [0.2, 0.25) is 5.91 Å². The zero-order valence-corrected chi connectivity index (χ0v) is 14.6. The summed E-state index contributed by atoms with van der Waals surface area (Å²) in [7, 11) is 0. The Balaban J connectivity index is 2.00. The van der Waals surface area contributed by atoms with E-state index in [0.717, 1.165) is 10.8 Å². The number of primary amides is 2. The van der Waals surface area contributed by atoms with E-state index in [9.17, 15) is 9.59 Å². The van der Waals surface area contributed by atoms with Crippen molar-refractivity contribution >= 4 is 39.9 Å². The van der Waals surface area contributed by atoms with Crippen molar-refractivity contribution < 1.29 is 9.59 Å². The van der Waals surface area contributed by atoms with Gasteiger partial charge in [-0.2, -0.15) is 0 Å². The molecule has 0 spiro atoms. The standard InChI is InChI=1S/C18H19N7O2/c1-2-12(16(19)26)23-14-9-22-15(17(20)27)18(25-14)24-13-8-21-7-10-5-3-4-6-11(10)13/h3-9,12H,2H2,1H3,(H2,19,26)(H2,20,27)(H2,23,24,25)/t12-/m1/s1. The molecule has 6 N–H and O–H groups in total. The van der Waals surface area contributed by atoms with Gasteiger partial charge in [-0.05, 0) is 6.42 Å². The number of pyridine rings is 1. The third-order valence-corrected chi connectivity index (χ3v) is 4.00. The van der Waals surface area contributed by atoms with Crippen molar-refractivity contribution in [1.82, 2.24) is 15.0 Å². The Labute approximate surface area is 155 Å². The summed E-state index contributed by atoms with van der Waals surface area (Å²) >= 11 is 0. The number of amides is 2. The number of nitrogens with zero attached hydrogens (tertiary/aromatic N) is 3. The smallest absolute Gasteiger partial charge is 0.271 e. The molecule has 0 unspecified atom stereocenters. The zero-order chi connectivity index (χ0) is 19.4. The molecule has 0 saturated carbocycles. The lowest BCUT2D eigenvalue weighted by Crippen LogP contribution is -2.35.